The van der Waals surface area contributed by atoms with Gasteiger partial charge in [-0.15, -0.1) is 0 Å². The highest BCUT2D eigenvalue weighted by Crippen LogP contribution is 2.40. The van der Waals surface area contributed by atoms with E-state index in [4.69, 9.17) is 23.8 Å². The highest BCUT2D eigenvalue weighted by Gasteiger charge is 2.24. The molecule has 1 aliphatic carbocycles. The number of hydrogen-bond donors (Lipinski definition) is 0. The average molecular weight is 668 g/mol. The zero-order valence-electron chi connectivity index (χ0n) is 28.0. The van der Waals surface area contributed by atoms with Gasteiger partial charge in [0, 0.05) is 33.0 Å². The molecule has 1 aliphatic rings. The van der Waals surface area contributed by atoms with E-state index in [1.54, 1.807) is 0 Å². The Labute approximate surface area is 298 Å². The molecule has 0 radical (unpaired) electrons. The molecule has 1 unspecified atom stereocenters. The second-order valence-electron chi connectivity index (χ2n) is 13.5. The van der Waals surface area contributed by atoms with E-state index in [0.717, 1.165) is 78.4 Å². The van der Waals surface area contributed by atoms with E-state index in [1.807, 2.05) is 36.4 Å². The van der Waals surface area contributed by atoms with Crippen molar-refractivity contribution < 1.29 is 8.83 Å². The Morgan fingerprint density at radius 2 is 1.23 bits per heavy atom. The molecule has 52 heavy (non-hydrogen) atoms. The van der Waals surface area contributed by atoms with Gasteiger partial charge >= 0.3 is 0 Å². The predicted octanol–water partition coefficient (Wildman–Crippen LogP) is 12.2. The van der Waals surface area contributed by atoms with Crippen molar-refractivity contribution in [3.63, 3.8) is 0 Å². The smallest absolute Gasteiger partial charge is 0.167 e. The lowest BCUT2D eigenvalue weighted by Gasteiger charge is -2.19. The van der Waals surface area contributed by atoms with Crippen LogP contribution in [0.3, 0.4) is 0 Å². The summed E-state index contributed by atoms with van der Waals surface area (Å²) in [7, 11) is 0. The van der Waals surface area contributed by atoms with Crippen molar-refractivity contribution in [1.29, 1.82) is 0 Å². The fourth-order valence-electron chi connectivity index (χ4n) is 7.87. The number of para-hydroxylation sites is 2. The molecule has 0 saturated heterocycles. The van der Waals surface area contributed by atoms with Crippen molar-refractivity contribution >= 4 is 60.7 Å². The molecule has 244 valence electrons. The third kappa shape index (κ3) is 4.60. The summed E-state index contributed by atoms with van der Waals surface area (Å²) in [6, 6.07) is 50.5. The fraction of sp³-hybridized carbons (Fsp3) is 0.0426. The molecule has 0 fully saturated rings. The topological polar surface area (TPSA) is 65.0 Å². The lowest BCUT2D eigenvalue weighted by atomic mass is 9.89. The van der Waals surface area contributed by atoms with Crippen molar-refractivity contribution in [1.82, 2.24) is 15.0 Å². The molecule has 10 aromatic rings. The minimum absolute atomic E-state index is 0.0184. The van der Waals surface area contributed by atoms with Crippen molar-refractivity contribution in [3.8, 4) is 33.9 Å². The zero-order chi connectivity index (χ0) is 34.2. The highest BCUT2D eigenvalue weighted by molar-refractivity contribution is 6.13. The van der Waals surface area contributed by atoms with Gasteiger partial charge in [-0.05, 0) is 75.8 Å². The van der Waals surface area contributed by atoms with Gasteiger partial charge in [0.05, 0.1) is 5.56 Å². The number of allylic oxidation sites excluding steroid dienone is 1. The summed E-state index contributed by atoms with van der Waals surface area (Å²) in [4.78, 5) is 15.6. The number of hydrogen-bond acceptors (Lipinski definition) is 5. The van der Waals surface area contributed by atoms with Gasteiger partial charge in [0.1, 0.15) is 28.2 Å². The Morgan fingerprint density at radius 3 is 2.19 bits per heavy atom. The largest absolute Gasteiger partial charge is 0.456 e. The summed E-state index contributed by atoms with van der Waals surface area (Å²) < 4.78 is 13.0. The highest BCUT2D eigenvalue weighted by atomic mass is 16.3. The van der Waals surface area contributed by atoms with Crippen LogP contribution in [0.2, 0.25) is 0 Å². The molecule has 5 nitrogen and oxygen atoms in total. The normalized spacial score (nSPS) is 14.2. The van der Waals surface area contributed by atoms with Crippen molar-refractivity contribution in [3.05, 3.63) is 169 Å². The molecule has 0 bridgehead atoms. The molecule has 0 spiro atoms. The molecule has 7 aromatic carbocycles. The quantitative estimate of drug-likeness (QED) is 0.187. The first-order chi connectivity index (χ1) is 25.7. The van der Waals surface area contributed by atoms with Crippen LogP contribution in [0.1, 0.15) is 22.9 Å². The van der Waals surface area contributed by atoms with Gasteiger partial charge in [0.2, 0.25) is 0 Å². The van der Waals surface area contributed by atoms with E-state index >= 15 is 0 Å². The van der Waals surface area contributed by atoms with Gasteiger partial charge in [-0.3, -0.25) is 0 Å². The maximum Gasteiger partial charge on any atom is 0.167 e. The summed E-state index contributed by atoms with van der Waals surface area (Å²) in [5.41, 5.74) is 9.72. The Kier molecular flexibility index (Phi) is 6.31. The number of furan rings is 2. The van der Waals surface area contributed by atoms with Crippen LogP contribution in [0.25, 0.3) is 94.6 Å². The predicted molar refractivity (Wildman–Crippen MR) is 210 cm³/mol. The Morgan fingerprint density at radius 1 is 0.500 bits per heavy atom. The van der Waals surface area contributed by atoms with Crippen LogP contribution in [-0.4, -0.2) is 15.0 Å². The summed E-state index contributed by atoms with van der Waals surface area (Å²) in [6.45, 7) is 0. The third-order valence-electron chi connectivity index (χ3n) is 10.5. The minimum Gasteiger partial charge on any atom is -0.456 e. The molecular formula is C47H29N3O2. The maximum absolute atomic E-state index is 6.56. The molecule has 0 aliphatic heterocycles. The van der Waals surface area contributed by atoms with Gasteiger partial charge in [0.15, 0.2) is 11.6 Å². The molecule has 11 rings (SSSR count). The lowest BCUT2D eigenvalue weighted by Crippen LogP contribution is -2.12. The summed E-state index contributed by atoms with van der Waals surface area (Å²) in [5.74, 6) is 1.89. The summed E-state index contributed by atoms with van der Waals surface area (Å²) >= 11 is 0. The van der Waals surface area contributed by atoms with Crippen LogP contribution >= 0.6 is 0 Å². The van der Waals surface area contributed by atoms with Gasteiger partial charge in [0.25, 0.3) is 0 Å². The minimum atomic E-state index is -0.0184. The molecule has 0 saturated carbocycles. The van der Waals surface area contributed by atoms with E-state index in [2.05, 4.69) is 121 Å². The monoisotopic (exact) mass is 667 g/mol. The Bertz CT molecular complexity index is 3080. The van der Waals surface area contributed by atoms with Crippen molar-refractivity contribution in [2.24, 2.45) is 0 Å². The average Bonchev–Trinajstić information content (AvgIpc) is 3.78. The van der Waals surface area contributed by atoms with Crippen molar-refractivity contribution in [2.75, 3.05) is 0 Å². The van der Waals surface area contributed by atoms with E-state index in [-0.39, 0.29) is 5.92 Å². The molecule has 0 N–H and O–H groups in total. The van der Waals surface area contributed by atoms with E-state index in [1.165, 1.54) is 21.9 Å². The van der Waals surface area contributed by atoms with E-state index in [9.17, 15) is 0 Å². The Hall–Kier alpha value is -6.85. The zero-order valence-corrected chi connectivity index (χ0v) is 28.0. The van der Waals surface area contributed by atoms with Gasteiger partial charge < -0.3 is 8.83 Å². The number of aromatic nitrogens is 3. The molecule has 0 amide bonds. The van der Waals surface area contributed by atoms with Crippen LogP contribution in [-0.2, 0) is 6.42 Å². The van der Waals surface area contributed by atoms with Crippen LogP contribution in [0.15, 0.2) is 161 Å². The molecule has 1 atom stereocenters. The first kappa shape index (κ1) is 28.9. The van der Waals surface area contributed by atoms with Gasteiger partial charge in [-0.25, -0.2) is 15.0 Å². The Balaban J connectivity index is 1.10. The lowest BCUT2D eigenvalue weighted by molar-refractivity contribution is 0.668. The van der Waals surface area contributed by atoms with Crippen LogP contribution < -0.4 is 0 Å². The second-order valence-corrected chi connectivity index (χ2v) is 13.5. The maximum atomic E-state index is 6.56. The number of fused-ring (bicyclic) bond motifs is 8. The molecular weight excluding hydrogens is 639 g/mol. The first-order valence-corrected chi connectivity index (χ1v) is 17.6. The second kappa shape index (κ2) is 11.3. The third-order valence-corrected chi connectivity index (χ3v) is 10.5. The molecule has 3 aromatic heterocycles. The number of rotatable bonds is 4. The van der Waals surface area contributed by atoms with Crippen molar-refractivity contribution in [2.45, 2.75) is 12.3 Å². The first-order valence-electron chi connectivity index (χ1n) is 17.6. The van der Waals surface area contributed by atoms with Crippen LogP contribution in [0.4, 0.5) is 0 Å². The number of benzene rings is 7. The SMILES string of the molecule is C1=CC(c2nc(-c3cccc4c3oc3ccccc34)nc(-c3cccc4oc5cc(-c6ccc7ccccc7c6)ccc5c34)n2)Cc2ccccc21. The molecule has 3 heterocycles. The van der Waals surface area contributed by atoms with Gasteiger partial charge in [-0.2, -0.15) is 0 Å². The van der Waals surface area contributed by atoms with Crippen LogP contribution in [0.5, 0.6) is 0 Å². The van der Waals surface area contributed by atoms with E-state index < -0.39 is 0 Å². The fourth-order valence-corrected chi connectivity index (χ4v) is 7.87. The standard InChI is InChI=1S/C47H29N3O2/c1-3-11-30-25-32(21-19-28(30)9-1)33-23-24-37-42(27-33)51-41-18-8-15-38(43(37)41)46-48-45(34-22-20-29-10-2-4-12-31(29)26-34)49-47(50-46)39-16-7-14-36-35-13-5-6-17-40(35)52-44(36)39/h1-25,27,34H,26H2. The van der Waals surface area contributed by atoms with Crippen LogP contribution in [0, 0.1) is 0 Å². The summed E-state index contributed by atoms with van der Waals surface area (Å²) in [5, 5.41) is 6.54. The molecule has 5 heteroatoms. The van der Waals surface area contributed by atoms with E-state index in [0.29, 0.717) is 11.6 Å². The number of nitrogens with zero attached hydrogens (tertiary/aromatic N) is 3. The summed E-state index contributed by atoms with van der Waals surface area (Å²) in [6.07, 6.45) is 5.21. The van der Waals surface area contributed by atoms with Gasteiger partial charge in [-0.1, -0.05) is 121 Å².